The minimum Gasteiger partial charge on any atom is -0.349 e. The molecule has 1 atom stereocenters. The van der Waals surface area contributed by atoms with E-state index >= 15 is 0 Å². The molecule has 0 radical (unpaired) electrons. The molecule has 156 valence electrons. The van der Waals surface area contributed by atoms with E-state index in [4.69, 9.17) is 11.6 Å². The third-order valence-electron chi connectivity index (χ3n) is 4.87. The molecule has 1 heterocycles. The number of anilines is 1. The summed E-state index contributed by atoms with van der Waals surface area (Å²) in [5.74, 6) is -0.691. The van der Waals surface area contributed by atoms with Gasteiger partial charge in [0, 0.05) is 21.6 Å². The van der Waals surface area contributed by atoms with Gasteiger partial charge in [-0.1, -0.05) is 53.3 Å². The normalized spacial score (nSPS) is 12.3. The molecule has 2 aromatic carbocycles. The molecule has 3 rings (SSSR count). The molecule has 0 saturated heterocycles. The van der Waals surface area contributed by atoms with Gasteiger partial charge in [0.15, 0.2) is 5.69 Å². The summed E-state index contributed by atoms with van der Waals surface area (Å²) >= 11 is 7.14. The maximum absolute atomic E-state index is 13.5. The predicted octanol–water partition coefficient (Wildman–Crippen LogP) is 4.88. The molecule has 1 aromatic heterocycles. The standard InChI is InChI=1S/C22H23ClN4O2S/c1-4-22(2,3)24-20(28)19(15-8-6-5-7-9-15)27(17-12-10-16(23)11-13-17)21(29)18-14-30-26-25-18/h5-14,19H,4H2,1-3H3,(H,24,28)/t19-/m1/s1. The molecule has 0 aliphatic carbocycles. The Morgan fingerprint density at radius 1 is 1.13 bits per heavy atom. The van der Waals surface area contributed by atoms with Gasteiger partial charge in [-0.25, -0.2) is 0 Å². The van der Waals surface area contributed by atoms with Crippen molar-refractivity contribution in [3.05, 3.63) is 76.3 Å². The van der Waals surface area contributed by atoms with E-state index < -0.39 is 17.5 Å². The number of rotatable bonds is 7. The van der Waals surface area contributed by atoms with E-state index in [1.54, 1.807) is 29.6 Å². The first-order valence-electron chi connectivity index (χ1n) is 9.55. The molecule has 0 fully saturated rings. The van der Waals surface area contributed by atoms with Crippen molar-refractivity contribution in [3.63, 3.8) is 0 Å². The van der Waals surface area contributed by atoms with Crippen LogP contribution in [0.25, 0.3) is 0 Å². The van der Waals surface area contributed by atoms with Crippen molar-refractivity contribution in [2.24, 2.45) is 0 Å². The van der Waals surface area contributed by atoms with Gasteiger partial charge in [0.2, 0.25) is 5.91 Å². The van der Waals surface area contributed by atoms with Crippen molar-refractivity contribution < 1.29 is 9.59 Å². The highest BCUT2D eigenvalue weighted by Gasteiger charge is 2.36. The smallest absolute Gasteiger partial charge is 0.280 e. The Morgan fingerprint density at radius 2 is 1.80 bits per heavy atom. The zero-order valence-corrected chi connectivity index (χ0v) is 18.6. The molecule has 0 unspecified atom stereocenters. The van der Waals surface area contributed by atoms with Gasteiger partial charge < -0.3 is 5.32 Å². The second-order valence-electron chi connectivity index (χ2n) is 7.48. The first-order chi connectivity index (χ1) is 14.3. The van der Waals surface area contributed by atoms with E-state index in [1.165, 1.54) is 4.90 Å². The number of aromatic nitrogens is 2. The second kappa shape index (κ2) is 9.36. The van der Waals surface area contributed by atoms with Gasteiger partial charge in [0.25, 0.3) is 5.91 Å². The number of carbonyl (C=O) groups is 2. The number of carbonyl (C=O) groups excluding carboxylic acids is 2. The van der Waals surface area contributed by atoms with Crippen LogP contribution in [-0.4, -0.2) is 26.9 Å². The van der Waals surface area contributed by atoms with E-state index in [2.05, 4.69) is 14.9 Å². The summed E-state index contributed by atoms with van der Waals surface area (Å²) in [5.41, 5.74) is 0.976. The topological polar surface area (TPSA) is 75.2 Å². The summed E-state index contributed by atoms with van der Waals surface area (Å²) in [6, 6.07) is 15.1. The van der Waals surface area contributed by atoms with Gasteiger partial charge in [-0.3, -0.25) is 14.5 Å². The van der Waals surface area contributed by atoms with Gasteiger partial charge in [-0.05, 0) is 61.6 Å². The Kier molecular flexibility index (Phi) is 6.84. The minimum atomic E-state index is -0.896. The first-order valence-corrected chi connectivity index (χ1v) is 10.8. The molecule has 6 nitrogen and oxygen atoms in total. The highest BCUT2D eigenvalue weighted by atomic mass is 35.5. The van der Waals surface area contributed by atoms with Crippen molar-refractivity contribution in [3.8, 4) is 0 Å². The first kappa shape index (κ1) is 21.9. The summed E-state index contributed by atoms with van der Waals surface area (Å²) in [6.07, 6.45) is 0.741. The average molecular weight is 443 g/mol. The fourth-order valence-corrected chi connectivity index (χ4v) is 3.47. The van der Waals surface area contributed by atoms with Crippen LogP contribution in [0.2, 0.25) is 5.02 Å². The molecular weight excluding hydrogens is 420 g/mol. The summed E-state index contributed by atoms with van der Waals surface area (Å²) in [4.78, 5) is 28.4. The summed E-state index contributed by atoms with van der Waals surface area (Å²) in [6.45, 7) is 5.90. The summed E-state index contributed by atoms with van der Waals surface area (Å²) in [5, 5.41) is 9.11. The second-order valence-corrected chi connectivity index (χ2v) is 8.53. The van der Waals surface area contributed by atoms with Gasteiger partial charge in [-0.15, -0.1) is 5.10 Å². The van der Waals surface area contributed by atoms with Crippen LogP contribution < -0.4 is 10.2 Å². The van der Waals surface area contributed by atoms with Crippen molar-refractivity contribution in [2.75, 3.05) is 4.90 Å². The van der Waals surface area contributed by atoms with E-state index in [0.717, 1.165) is 18.0 Å². The number of hydrogen-bond donors (Lipinski definition) is 1. The third-order valence-corrected chi connectivity index (χ3v) is 5.63. The lowest BCUT2D eigenvalue weighted by Gasteiger charge is -2.34. The van der Waals surface area contributed by atoms with Gasteiger partial charge in [-0.2, -0.15) is 0 Å². The average Bonchev–Trinajstić information content (AvgIpc) is 3.27. The lowest BCUT2D eigenvalue weighted by Crippen LogP contribution is -2.50. The van der Waals surface area contributed by atoms with Crippen molar-refractivity contribution in [1.82, 2.24) is 14.9 Å². The highest BCUT2D eigenvalue weighted by Crippen LogP contribution is 2.31. The van der Waals surface area contributed by atoms with Crippen LogP contribution in [0.3, 0.4) is 0 Å². The Hall–Kier alpha value is -2.77. The van der Waals surface area contributed by atoms with Crippen molar-refractivity contribution >= 4 is 40.6 Å². The number of benzene rings is 2. The molecule has 0 aliphatic heterocycles. The SMILES string of the molecule is CCC(C)(C)NC(=O)[C@@H](c1ccccc1)N(C(=O)c1csnn1)c1ccc(Cl)cc1. The van der Waals surface area contributed by atoms with E-state index in [1.807, 2.05) is 51.1 Å². The monoisotopic (exact) mass is 442 g/mol. The Morgan fingerprint density at radius 3 is 2.37 bits per heavy atom. The predicted molar refractivity (Wildman–Crippen MR) is 120 cm³/mol. The largest absolute Gasteiger partial charge is 0.349 e. The molecule has 30 heavy (non-hydrogen) atoms. The number of hydrogen-bond acceptors (Lipinski definition) is 5. The number of nitrogens with zero attached hydrogens (tertiary/aromatic N) is 3. The van der Waals surface area contributed by atoms with Crippen molar-refractivity contribution in [1.29, 1.82) is 0 Å². The molecule has 2 amide bonds. The third kappa shape index (κ3) is 5.04. The van der Waals surface area contributed by atoms with Crippen LogP contribution in [0.15, 0.2) is 60.0 Å². The molecule has 0 aliphatic rings. The fraction of sp³-hybridized carbons (Fsp3) is 0.273. The Labute approximate surface area is 185 Å². The number of amides is 2. The molecular formula is C22H23ClN4O2S. The molecule has 0 spiro atoms. The zero-order valence-electron chi connectivity index (χ0n) is 17.0. The maximum Gasteiger partial charge on any atom is 0.280 e. The van der Waals surface area contributed by atoms with E-state index in [-0.39, 0.29) is 11.6 Å². The van der Waals surface area contributed by atoms with Crippen LogP contribution >= 0.6 is 23.1 Å². The molecule has 8 heteroatoms. The number of halogens is 1. The molecule has 0 bridgehead atoms. The fourth-order valence-electron chi connectivity index (χ4n) is 2.91. The van der Waals surface area contributed by atoms with Crippen molar-refractivity contribution in [2.45, 2.75) is 38.8 Å². The van der Waals surface area contributed by atoms with Crippen LogP contribution in [0.1, 0.15) is 49.3 Å². The van der Waals surface area contributed by atoms with E-state index in [0.29, 0.717) is 16.3 Å². The Balaban J connectivity index is 2.14. The van der Waals surface area contributed by atoms with Crippen LogP contribution in [-0.2, 0) is 4.79 Å². The van der Waals surface area contributed by atoms with Crippen LogP contribution in [0, 0.1) is 0 Å². The molecule has 1 N–H and O–H groups in total. The van der Waals surface area contributed by atoms with Crippen LogP contribution in [0.5, 0.6) is 0 Å². The molecule has 0 saturated carbocycles. The Bertz CT molecular complexity index is 992. The number of nitrogens with one attached hydrogen (secondary N) is 1. The lowest BCUT2D eigenvalue weighted by atomic mass is 9.98. The van der Waals surface area contributed by atoms with E-state index in [9.17, 15) is 9.59 Å². The van der Waals surface area contributed by atoms with Gasteiger partial charge in [0.1, 0.15) is 6.04 Å². The summed E-state index contributed by atoms with van der Waals surface area (Å²) < 4.78 is 3.81. The quantitative estimate of drug-likeness (QED) is 0.565. The molecule has 3 aromatic rings. The maximum atomic E-state index is 13.5. The minimum absolute atomic E-state index is 0.179. The van der Waals surface area contributed by atoms with Crippen LogP contribution in [0.4, 0.5) is 5.69 Å². The highest BCUT2D eigenvalue weighted by molar-refractivity contribution is 7.03. The van der Waals surface area contributed by atoms with Gasteiger partial charge >= 0.3 is 0 Å². The van der Waals surface area contributed by atoms with Gasteiger partial charge in [0.05, 0.1) is 0 Å². The zero-order chi connectivity index (χ0) is 21.7. The summed E-state index contributed by atoms with van der Waals surface area (Å²) in [7, 11) is 0. The lowest BCUT2D eigenvalue weighted by molar-refractivity contribution is -0.124.